The number of benzene rings is 1. The summed E-state index contributed by atoms with van der Waals surface area (Å²) in [4.78, 5) is 4.58. The molecule has 0 saturated carbocycles. The number of aryl methyl sites for hydroxylation is 3. The Hall–Kier alpha value is -1.94. The van der Waals surface area contributed by atoms with Crippen molar-refractivity contribution in [2.24, 2.45) is 5.73 Å². The Morgan fingerprint density at radius 3 is 2.90 bits per heavy atom. The molecule has 1 aromatic carbocycles. The van der Waals surface area contributed by atoms with Crippen molar-refractivity contribution in [3.63, 3.8) is 0 Å². The van der Waals surface area contributed by atoms with Gasteiger partial charge in [0.25, 0.3) is 0 Å². The van der Waals surface area contributed by atoms with Crippen LogP contribution in [0.2, 0.25) is 0 Å². The molecule has 20 heavy (non-hydrogen) atoms. The molecule has 3 rings (SSSR count). The number of hydrogen-bond acceptors (Lipinski definition) is 3. The number of fused-ring (bicyclic) bond motifs is 1. The van der Waals surface area contributed by atoms with Gasteiger partial charge in [0.15, 0.2) is 0 Å². The molecule has 0 radical (unpaired) electrons. The molecule has 1 aromatic heterocycles. The van der Waals surface area contributed by atoms with Gasteiger partial charge in [0.05, 0.1) is 0 Å². The van der Waals surface area contributed by atoms with Gasteiger partial charge in [-0.05, 0) is 61.6 Å². The lowest BCUT2D eigenvalue weighted by atomic mass is 10.1. The first-order valence-corrected chi connectivity index (χ1v) is 6.83. The van der Waals surface area contributed by atoms with E-state index in [0.717, 1.165) is 30.5 Å². The molecule has 0 aliphatic heterocycles. The van der Waals surface area contributed by atoms with Crippen molar-refractivity contribution in [1.29, 1.82) is 0 Å². The third-order valence-electron chi connectivity index (χ3n) is 3.65. The van der Waals surface area contributed by atoms with E-state index in [1.807, 2.05) is 0 Å². The zero-order valence-electron chi connectivity index (χ0n) is 11.4. The first-order valence-electron chi connectivity index (χ1n) is 6.83. The average Bonchev–Trinajstić information content (AvgIpc) is 2.89. The molecule has 0 unspecified atom stereocenters. The van der Waals surface area contributed by atoms with Crippen molar-refractivity contribution >= 4 is 0 Å². The lowest BCUT2D eigenvalue weighted by Crippen LogP contribution is -2.04. The van der Waals surface area contributed by atoms with Crippen LogP contribution >= 0.6 is 0 Å². The normalized spacial score (nSPS) is 13.3. The second-order valence-corrected chi connectivity index (χ2v) is 5.13. The number of pyridine rings is 1. The average molecular weight is 272 g/mol. The zero-order chi connectivity index (χ0) is 14.1. The van der Waals surface area contributed by atoms with Crippen LogP contribution in [0.15, 0.2) is 24.3 Å². The number of halogens is 1. The quantitative estimate of drug-likeness (QED) is 0.932. The predicted octanol–water partition coefficient (Wildman–Crippen LogP) is 3.27. The maximum Gasteiger partial charge on any atom is 0.223 e. The standard InChI is InChI=1S/C16H17FN2O/c1-10-7-13(5-6-14(10)17)20-16-12(9-18)8-11-3-2-4-15(11)19-16/h5-8H,2-4,9,18H2,1H3. The van der Waals surface area contributed by atoms with E-state index in [-0.39, 0.29) is 5.82 Å². The smallest absolute Gasteiger partial charge is 0.223 e. The van der Waals surface area contributed by atoms with Crippen LogP contribution in [0.4, 0.5) is 4.39 Å². The monoisotopic (exact) mass is 272 g/mol. The second kappa shape index (κ2) is 5.21. The summed E-state index contributed by atoms with van der Waals surface area (Å²) in [5.74, 6) is 0.890. The predicted molar refractivity (Wildman–Crippen MR) is 75.4 cm³/mol. The van der Waals surface area contributed by atoms with Crippen LogP contribution in [0.25, 0.3) is 0 Å². The Kier molecular flexibility index (Phi) is 3.40. The summed E-state index contributed by atoms with van der Waals surface area (Å²) in [5.41, 5.74) is 9.59. The van der Waals surface area contributed by atoms with Gasteiger partial charge in [0.2, 0.25) is 5.88 Å². The van der Waals surface area contributed by atoms with Gasteiger partial charge in [-0.3, -0.25) is 0 Å². The topological polar surface area (TPSA) is 48.1 Å². The van der Waals surface area contributed by atoms with E-state index < -0.39 is 0 Å². The molecule has 0 fully saturated rings. The van der Waals surface area contributed by atoms with Crippen LogP contribution in [0.3, 0.4) is 0 Å². The maximum atomic E-state index is 13.3. The fourth-order valence-corrected chi connectivity index (χ4v) is 2.53. The van der Waals surface area contributed by atoms with Gasteiger partial charge in [-0.1, -0.05) is 0 Å². The van der Waals surface area contributed by atoms with Gasteiger partial charge >= 0.3 is 0 Å². The molecule has 1 aliphatic rings. The minimum atomic E-state index is -0.238. The maximum absolute atomic E-state index is 13.3. The van der Waals surface area contributed by atoms with Gasteiger partial charge in [-0.2, -0.15) is 0 Å². The molecule has 3 nitrogen and oxygen atoms in total. The van der Waals surface area contributed by atoms with E-state index in [9.17, 15) is 4.39 Å². The highest BCUT2D eigenvalue weighted by Gasteiger charge is 2.17. The Bertz CT molecular complexity index is 655. The molecule has 0 spiro atoms. The Balaban J connectivity index is 1.95. The summed E-state index contributed by atoms with van der Waals surface area (Å²) in [6, 6.07) is 6.77. The SMILES string of the molecule is Cc1cc(Oc2nc3c(cc2CN)CCC3)ccc1F. The van der Waals surface area contributed by atoms with Crippen LogP contribution < -0.4 is 10.5 Å². The number of ether oxygens (including phenoxy) is 1. The molecule has 0 bridgehead atoms. The van der Waals surface area contributed by atoms with Gasteiger partial charge < -0.3 is 10.5 Å². The van der Waals surface area contributed by atoms with Gasteiger partial charge in [0.1, 0.15) is 11.6 Å². The minimum absolute atomic E-state index is 0.238. The molecule has 0 saturated heterocycles. The Labute approximate surface area is 117 Å². The first kappa shape index (κ1) is 13.1. The second-order valence-electron chi connectivity index (χ2n) is 5.13. The largest absolute Gasteiger partial charge is 0.439 e. The lowest BCUT2D eigenvalue weighted by molar-refractivity contribution is 0.452. The van der Waals surface area contributed by atoms with Crippen LogP contribution in [-0.4, -0.2) is 4.98 Å². The summed E-state index contributed by atoms with van der Waals surface area (Å²) in [6.07, 6.45) is 3.18. The van der Waals surface area contributed by atoms with Gasteiger partial charge in [-0.15, -0.1) is 0 Å². The molecule has 2 aromatic rings. The molecular formula is C16H17FN2O. The summed E-state index contributed by atoms with van der Waals surface area (Å²) in [5, 5.41) is 0. The molecule has 2 N–H and O–H groups in total. The first-order chi connectivity index (χ1) is 9.67. The van der Waals surface area contributed by atoms with Crippen molar-refractivity contribution in [3.8, 4) is 11.6 Å². The van der Waals surface area contributed by atoms with E-state index in [0.29, 0.717) is 23.7 Å². The van der Waals surface area contributed by atoms with Crippen LogP contribution in [0.1, 0.15) is 28.8 Å². The number of nitrogens with two attached hydrogens (primary N) is 1. The third-order valence-corrected chi connectivity index (χ3v) is 3.65. The van der Waals surface area contributed by atoms with E-state index >= 15 is 0 Å². The molecule has 1 heterocycles. The molecule has 4 heteroatoms. The number of nitrogens with zero attached hydrogens (tertiary/aromatic N) is 1. The van der Waals surface area contributed by atoms with Crippen molar-refractivity contribution in [2.45, 2.75) is 32.7 Å². The van der Waals surface area contributed by atoms with Crippen LogP contribution in [-0.2, 0) is 19.4 Å². The van der Waals surface area contributed by atoms with E-state index in [1.54, 1.807) is 19.1 Å². The van der Waals surface area contributed by atoms with Gasteiger partial charge in [-0.25, -0.2) is 9.37 Å². The fourth-order valence-electron chi connectivity index (χ4n) is 2.53. The fraction of sp³-hybridized carbons (Fsp3) is 0.312. The minimum Gasteiger partial charge on any atom is -0.439 e. The zero-order valence-corrected chi connectivity index (χ0v) is 11.4. The lowest BCUT2D eigenvalue weighted by Gasteiger charge is -2.12. The molecule has 0 atom stereocenters. The molecule has 104 valence electrons. The van der Waals surface area contributed by atoms with E-state index in [2.05, 4.69) is 11.1 Å². The van der Waals surface area contributed by atoms with Crippen molar-refractivity contribution in [3.05, 3.63) is 52.5 Å². The third kappa shape index (κ3) is 2.39. The summed E-state index contributed by atoms with van der Waals surface area (Å²) >= 11 is 0. The van der Waals surface area contributed by atoms with E-state index in [1.165, 1.54) is 11.6 Å². The molecule has 1 aliphatic carbocycles. The molecule has 0 amide bonds. The Morgan fingerprint density at radius 2 is 2.15 bits per heavy atom. The van der Waals surface area contributed by atoms with Crippen LogP contribution in [0, 0.1) is 12.7 Å². The van der Waals surface area contributed by atoms with E-state index in [4.69, 9.17) is 10.5 Å². The highest BCUT2D eigenvalue weighted by Crippen LogP contribution is 2.30. The summed E-state index contributed by atoms with van der Waals surface area (Å²) in [7, 11) is 0. The van der Waals surface area contributed by atoms with Gasteiger partial charge in [0, 0.05) is 17.8 Å². The number of aromatic nitrogens is 1. The van der Waals surface area contributed by atoms with Crippen molar-refractivity contribution in [1.82, 2.24) is 4.98 Å². The highest BCUT2D eigenvalue weighted by molar-refractivity contribution is 5.40. The van der Waals surface area contributed by atoms with Crippen LogP contribution in [0.5, 0.6) is 11.6 Å². The van der Waals surface area contributed by atoms with Crippen molar-refractivity contribution < 1.29 is 9.13 Å². The summed E-state index contributed by atoms with van der Waals surface area (Å²) < 4.78 is 19.1. The summed E-state index contributed by atoms with van der Waals surface area (Å²) in [6.45, 7) is 2.10. The van der Waals surface area contributed by atoms with Crippen molar-refractivity contribution in [2.75, 3.05) is 0 Å². The Morgan fingerprint density at radius 1 is 1.30 bits per heavy atom. The molecular weight excluding hydrogens is 255 g/mol. The highest BCUT2D eigenvalue weighted by atomic mass is 19.1. The number of hydrogen-bond donors (Lipinski definition) is 1. The number of rotatable bonds is 3.